The van der Waals surface area contributed by atoms with Crippen molar-refractivity contribution in [3.05, 3.63) is 29.3 Å². The van der Waals surface area contributed by atoms with E-state index in [2.05, 4.69) is 11.7 Å². The first-order chi connectivity index (χ1) is 14.7. The Balaban J connectivity index is 1.53. The maximum atomic E-state index is 14.9. The molecule has 1 nitrogen and oxygen atoms in total. The Morgan fingerprint density at radius 2 is 1.45 bits per heavy atom. The molecule has 2 fully saturated rings. The van der Waals surface area contributed by atoms with Crippen LogP contribution in [0.2, 0.25) is 0 Å². The van der Waals surface area contributed by atoms with Gasteiger partial charge in [-0.1, -0.05) is 19.8 Å². The Labute approximate surface area is 180 Å². The number of rotatable bonds is 8. The Hall–Kier alpha value is -1.40. The standard InChI is InChI=1S/C24H32F6O/c1-2-3-15-6-10-19(11-7-15)24(29,30)14-16-4-8-17(9-5-16)18-12-20(25)22(21(26)13-18)31-23(27)28/h12-13,15-17,19,23H,2-11,14H2,1H3. The van der Waals surface area contributed by atoms with E-state index in [9.17, 15) is 26.3 Å². The topological polar surface area (TPSA) is 9.23 Å². The zero-order chi connectivity index (χ0) is 22.6. The largest absolute Gasteiger partial charge is 0.429 e. The minimum absolute atomic E-state index is 0.101. The summed E-state index contributed by atoms with van der Waals surface area (Å²) in [6.07, 6.45) is 7.34. The maximum Gasteiger partial charge on any atom is 0.387 e. The number of hydrogen-bond acceptors (Lipinski definition) is 1. The molecule has 2 saturated carbocycles. The van der Waals surface area contributed by atoms with Gasteiger partial charge in [0, 0.05) is 12.3 Å². The average Bonchev–Trinajstić information content (AvgIpc) is 2.71. The molecule has 0 atom stereocenters. The van der Waals surface area contributed by atoms with Crippen LogP contribution in [0.15, 0.2) is 12.1 Å². The van der Waals surface area contributed by atoms with E-state index in [1.165, 1.54) is 0 Å². The highest BCUT2D eigenvalue weighted by molar-refractivity contribution is 5.33. The van der Waals surface area contributed by atoms with Crippen molar-refractivity contribution in [2.75, 3.05) is 0 Å². The lowest BCUT2D eigenvalue weighted by Gasteiger charge is -2.37. The molecule has 0 saturated heterocycles. The first-order valence-corrected chi connectivity index (χ1v) is 11.5. The molecule has 0 radical (unpaired) electrons. The van der Waals surface area contributed by atoms with Crippen molar-refractivity contribution >= 4 is 0 Å². The van der Waals surface area contributed by atoms with Gasteiger partial charge in [0.05, 0.1) is 0 Å². The minimum atomic E-state index is -3.31. The fourth-order valence-electron chi connectivity index (χ4n) is 5.55. The molecular formula is C24H32F6O. The van der Waals surface area contributed by atoms with E-state index in [4.69, 9.17) is 0 Å². The second-order valence-corrected chi connectivity index (χ2v) is 9.38. The molecule has 0 aliphatic heterocycles. The van der Waals surface area contributed by atoms with Crippen LogP contribution < -0.4 is 4.74 Å². The number of alkyl halides is 4. The van der Waals surface area contributed by atoms with Crippen molar-refractivity contribution in [3.63, 3.8) is 0 Å². The van der Waals surface area contributed by atoms with Gasteiger partial charge in [-0.3, -0.25) is 0 Å². The predicted molar refractivity (Wildman–Crippen MR) is 108 cm³/mol. The molecule has 2 aliphatic carbocycles. The van der Waals surface area contributed by atoms with Gasteiger partial charge in [0.15, 0.2) is 17.4 Å². The molecule has 7 heteroatoms. The summed E-state index contributed by atoms with van der Waals surface area (Å²) in [6, 6.07) is 2.05. The Bertz CT molecular complexity index is 683. The summed E-state index contributed by atoms with van der Waals surface area (Å²) in [4.78, 5) is 0. The van der Waals surface area contributed by atoms with Crippen LogP contribution in [-0.2, 0) is 0 Å². The molecule has 31 heavy (non-hydrogen) atoms. The summed E-state index contributed by atoms with van der Waals surface area (Å²) >= 11 is 0. The minimum Gasteiger partial charge on any atom is -0.429 e. The van der Waals surface area contributed by atoms with Gasteiger partial charge in [0.25, 0.3) is 5.92 Å². The van der Waals surface area contributed by atoms with E-state index >= 15 is 0 Å². The van der Waals surface area contributed by atoms with Gasteiger partial charge >= 0.3 is 6.61 Å². The number of ether oxygens (including phenoxy) is 1. The summed E-state index contributed by atoms with van der Waals surface area (Å²) in [6.45, 7) is -1.18. The number of hydrogen-bond donors (Lipinski definition) is 0. The molecule has 0 spiro atoms. The molecule has 2 aliphatic rings. The second kappa shape index (κ2) is 10.5. The van der Waals surface area contributed by atoms with Crippen molar-refractivity contribution in [1.29, 1.82) is 0 Å². The molecule has 0 unspecified atom stereocenters. The second-order valence-electron chi connectivity index (χ2n) is 9.38. The van der Waals surface area contributed by atoms with E-state index in [1.54, 1.807) is 0 Å². The van der Waals surface area contributed by atoms with E-state index in [0.29, 0.717) is 50.0 Å². The lowest BCUT2D eigenvalue weighted by atomic mass is 9.72. The van der Waals surface area contributed by atoms with Gasteiger partial charge in [0.2, 0.25) is 0 Å². The van der Waals surface area contributed by atoms with Crippen molar-refractivity contribution in [3.8, 4) is 5.75 Å². The van der Waals surface area contributed by atoms with Crippen LogP contribution in [0.25, 0.3) is 0 Å². The number of benzene rings is 1. The smallest absolute Gasteiger partial charge is 0.387 e. The Morgan fingerprint density at radius 1 is 0.903 bits per heavy atom. The maximum absolute atomic E-state index is 14.9. The fourth-order valence-corrected chi connectivity index (χ4v) is 5.55. The van der Waals surface area contributed by atoms with Crippen LogP contribution in [0.5, 0.6) is 5.75 Å². The van der Waals surface area contributed by atoms with Crippen molar-refractivity contribution in [1.82, 2.24) is 0 Å². The van der Waals surface area contributed by atoms with Crippen LogP contribution in [0.4, 0.5) is 26.3 Å². The third-order valence-electron chi connectivity index (χ3n) is 7.25. The quantitative estimate of drug-likeness (QED) is 0.361. The highest BCUT2D eigenvalue weighted by Gasteiger charge is 2.43. The highest BCUT2D eigenvalue weighted by atomic mass is 19.3. The van der Waals surface area contributed by atoms with E-state index in [-0.39, 0.29) is 18.3 Å². The summed E-state index contributed by atoms with van der Waals surface area (Å²) in [5.74, 6) is -6.29. The lowest BCUT2D eigenvalue weighted by molar-refractivity contribution is -0.0955. The van der Waals surface area contributed by atoms with Crippen molar-refractivity contribution in [2.45, 2.75) is 96.0 Å². The summed E-state index contributed by atoms with van der Waals surface area (Å²) in [5, 5.41) is 0. The third-order valence-corrected chi connectivity index (χ3v) is 7.25. The van der Waals surface area contributed by atoms with E-state index in [0.717, 1.165) is 37.8 Å². The predicted octanol–water partition coefficient (Wildman–Crippen LogP) is 8.47. The Morgan fingerprint density at radius 3 is 1.97 bits per heavy atom. The first-order valence-electron chi connectivity index (χ1n) is 11.5. The first kappa shape index (κ1) is 24.2. The molecule has 0 aromatic heterocycles. The zero-order valence-electron chi connectivity index (χ0n) is 18.0. The molecule has 176 valence electrons. The fraction of sp³-hybridized carbons (Fsp3) is 0.750. The number of halogens is 6. The van der Waals surface area contributed by atoms with Crippen LogP contribution in [0, 0.1) is 29.4 Å². The van der Waals surface area contributed by atoms with Gasteiger partial charge in [0.1, 0.15) is 0 Å². The SMILES string of the molecule is CCCC1CCC(C(F)(F)CC2CCC(c3cc(F)c(OC(F)F)c(F)c3)CC2)CC1. The van der Waals surface area contributed by atoms with Crippen LogP contribution in [0.1, 0.15) is 89.0 Å². The zero-order valence-corrected chi connectivity index (χ0v) is 18.0. The summed E-state index contributed by atoms with van der Waals surface area (Å²) < 4.78 is 86.3. The van der Waals surface area contributed by atoms with Crippen LogP contribution in [-0.4, -0.2) is 12.5 Å². The normalized spacial score (nSPS) is 27.5. The van der Waals surface area contributed by atoms with E-state index < -0.39 is 35.8 Å². The van der Waals surface area contributed by atoms with E-state index in [1.807, 2.05) is 0 Å². The van der Waals surface area contributed by atoms with Crippen LogP contribution in [0.3, 0.4) is 0 Å². The molecule has 0 heterocycles. The van der Waals surface area contributed by atoms with Crippen LogP contribution >= 0.6 is 0 Å². The lowest BCUT2D eigenvalue weighted by Crippen LogP contribution is -2.34. The molecule has 0 amide bonds. The summed E-state index contributed by atoms with van der Waals surface area (Å²) in [7, 11) is 0. The highest BCUT2D eigenvalue weighted by Crippen LogP contribution is 2.46. The molecule has 0 bridgehead atoms. The molecule has 3 rings (SSSR count). The van der Waals surface area contributed by atoms with Crippen molar-refractivity contribution < 1.29 is 31.1 Å². The van der Waals surface area contributed by atoms with Gasteiger partial charge in [-0.25, -0.2) is 17.6 Å². The molecule has 1 aromatic rings. The van der Waals surface area contributed by atoms with Gasteiger partial charge < -0.3 is 4.74 Å². The average molecular weight is 451 g/mol. The molecule has 0 N–H and O–H groups in total. The monoisotopic (exact) mass is 450 g/mol. The van der Waals surface area contributed by atoms with Gasteiger partial charge in [-0.2, -0.15) is 8.78 Å². The molecule has 1 aromatic carbocycles. The third kappa shape index (κ3) is 6.32. The van der Waals surface area contributed by atoms with Gasteiger partial charge in [-0.15, -0.1) is 0 Å². The molecular weight excluding hydrogens is 418 g/mol. The van der Waals surface area contributed by atoms with Crippen molar-refractivity contribution in [2.24, 2.45) is 17.8 Å². The van der Waals surface area contributed by atoms with Gasteiger partial charge in [-0.05, 0) is 86.8 Å². The summed E-state index contributed by atoms with van der Waals surface area (Å²) in [5.41, 5.74) is 0.371. The Kier molecular flexibility index (Phi) is 8.19.